The van der Waals surface area contributed by atoms with Crippen LogP contribution in [0.4, 0.5) is 4.39 Å². The van der Waals surface area contributed by atoms with Gasteiger partial charge in [-0.2, -0.15) is 0 Å². The summed E-state index contributed by atoms with van der Waals surface area (Å²) >= 11 is 7.65. The van der Waals surface area contributed by atoms with Gasteiger partial charge in [-0.1, -0.05) is 17.7 Å². The molecule has 1 N–H and O–H groups in total. The van der Waals surface area contributed by atoms with Crippen LogP contribution in [0.5, 0.6) is 0 Å². The van der Waals surface area contributed by atoms with Crippen LogP contribution in [0.25, 0.3) is 0 Å². The van der Waals surface area contributed by atoms with Crippen molar-refractivity contribution in [3.05, 3.63) is 57.0 Å². The monoisotopic (exact) mass is 255 g/mol. The lowest BCUT2D eigenvalue weighted by Gasteiger charge is -2.05. The Labute approximate surface area is 103 Å². The lowest BCUT2D eigenvalue weighted by molar-refractivity contribution is 0.620. The fourth-order valence-corrected chi connectivity index (χ4v) is 2.27. The van der Waals surface area contributed by atoms with Crippen LogP contribution in [0.3, 0.4) is 0 Å². The van der Waals surface area contributed by atoms with E-state index in [1.165, 1.54) is 17.0 Å². The highest BCUT2D eigenvalue weighted by molar-refractivity contribution is 7.09. The molecule has 84 valence electrons. The Balaban J connectivity index is 1.92. The summed E-state index contributed by atoms with van der Waals surface area (Å²) in [5, 5.41) is 5.86. The molecule has 0 amide bonds. The highest BCUT2D eigenvalue weighted by atomic mass is 35.5. The van der Waals surface area contributed by atoms with Crippen molar-refractivity contribution in [1.82, 2.24) is 5.32 Å². The largest absolute Gasteiger partial charge is 0.308 e. The van der Waals surface area contributed by atoms with Gasteiger partial charge in [-0.05, 0) is 35.2 Å². The zero-order valence-electron chi connectivity index (χ0n) is 8.54. The number of rotatable bonds is 4. The van der Waals surface area contributed by atoms with Crippen LogP contribution in [0.2, 0.25) is 5.02 Å². The van der Waals surface area contributed by atoms with Crippen molar-refractivity contribution in [2.45, 2.75) is 13.1 Å². The minimum atomic E-state index is -0.252. The van der Waals surface area contributed by atoms with E-state index in [0.717, 1.165) is 12.1 Å². The minimum absolute atomic E-state index is 0.252. The number of hydrogen-bond acceptors (Lipinski definition) is 2. The second-order valence-corrected chi connectivity index (χ2v) is 4.86. The third kappa shape index (κ3) is 3.04. The number of benzene rings is 1. The van der Waals surface area contributed by atoms with Gasteiger partial charge in [0, 0.05) is 23.0 Å². The molecule has 0 unspecified atom stereocenters. The van der Waals surface area contributed by atoms with E-state index in [1.54, 1.807) is 17.4 Å². The first kappa shape index (κ1) is 11.6. The van der Waals surface area contributed by atoms with E-state index in [-0.39, 0.29) is 5.82 Å². The molecule has 0 bridgehead atoms. The minimum Gasteiger partial charge on any atom is -0.308 e. The first-order valence-corrected chi connectivity index (χ1v) is 6.18. The van der Waals surface area contributed by atoms with Gasteiger partial charge in [-0.15, -0.1) is 11.3 Å². The quantitative estimate of drug-likeness (QED) is 0.876. The summed E-state index contributed by atoms with van der Waals surface area (Å²) in [6, 6.07) is 8.48. The van der Waals surface area contributed by atoms with Crippen molar-refractivity contribution in [2.24, 2.45) is 0 Å². The number of halogens is 2. The van der Waals surface area contributed by atoms with Gasteiger partial charge in [-0.25, -0.2) is 4.39 Å². The molecule has 0 atom stereocenters. The maximum absolute atomic E-state index is 13.0. The summed E-state index contributed by atoms with van der Waals surface area (Å²) in [5.41, 5.74) is 0.790. The fourth-order valence-electron chi connectivity index (χ4n) is 1.41. The lowest BCUT2D eigenvalue weighted by Crippen LogP contribution is -2.12. The standard InChI is InChI=1S/C12H11ClFNS/c13-12-4-3-10(14)6-9(12)7-15-8-11-2-1-5-16-11/h1-6,15H,7-8H2. The molecule has 0 spiro atoms. The fraction of sp³-hybridized carbons (Fsp3) is 0.167. The molecule has 2 rings (SSSR count). The third-order valence-electron chi connectivity index (χ3n) is 2.20. The van der Waals surface area contributed by atoms with Crippen molar-refractivity contribution >= 4 is 22.9 Å². The Morgan fingerprint density at radius 2 is 2.12 bits per heavy atom. The molecular weight excluding hydrogens is 245 g/mol. The van der Waals surface area contributed by atoms with E-state index < -0.39 is 0 Å². The van der Waals surface area contributed by atoms with E-state index in [9.17, 15) is 4.39 Å². The number of nitrogens with one attached hydrogen (secondary N) is 1. The topological polar surface area (TPSA) is 12.0 Å². The van der Waals surface area contributed by atoms with E-state index in [1.807, 2.05) is 11.4 Å². The zero-order valence-corrected chi connectivity index (χ0v) is 10.1. The van der Waals surface area contributed by atoms with E-state index in [4.69, 9.17) is 11.6 Å². The van der Waals surface area contributed by atoms with Crippen molar-refractivity contribution in [1.29, 1.82) is 0 Å². The van der Waals surface area contributed by atoms with Crippen molar-refractivity contribution in [3.63, 3.8) is 0 Å². The molecule has 0 aliphatic rings. The summed E-state index contributed by atoms with van der Waals surface area (Å²) in [4.78, 5) is 1.26. The second kappa shape index (κ2) is 5.43. The predicted molar refractivity (Wildman–Crippen MR) is 66.3 cm³/mol. The summed E-state index contributed by atoms with van der Waals surface area (Å²) in [5.74, 6) is -0.252. The van der Waals surface area contributed by atoms with Crippen molar-refractivity contribution < 1.29 is 4.39 Å². The smallest absolute Gasteiger partial charge is 0.123 e. The Bertz CT molecular complexity index is 456. The van der Waals surface area contributed by atoms with Crippen LogP contribution in [0.1, 0.15) is 10.4 Å². The number of thiophene rings is 1. The molecule has 0 saturated carbocycles. The van der Waals surface area contributed by atoms with Gasteiger partial charge >= 0.3 is 0 Å². The molecule has 0 radical (unpaired) electrons. The highest BCUT2D eigenvalue weighted by Gasteiger charge is 2.02. The van der Waals surface area contributed by atoms with Crippen LogP contribution >= 0.6 is 22.9 Å². The molecule has 0 aliphatic heterocycles. The normalized spacial score (nSPS) is 10.6. The van der Waals surface area contributed by atoms with Crippen LogP contribution in [-0.4, -0.2) is 0 Å². The van der Waals surface area contributed by atoms with Crippen molar-refractivity contribution in [3.8, 4) is 0 Å². The highest BCUT2D eigenvalue weighted by Crippen LogP contribution is 2.17. The van der Waals surface area contributed by atoms with Crippen LogP contribution in [0.15, 0.2) is 35.7 Å². The van der Waals surface area contributed by atoms with Gasteiger partial charge in [0.15, 0.2) is 0 Å². The summed E-state index contributed by atoms with van der Waals surface area (Å²) < 4.78 is 13.0. The maximum atomic E-state index is 13.0. The lowest BCUT2D eigenvalue weighted by atomic mass is 10.2. The van der Waals surface area contributed by atoms with Crippen molar-refractivity contribution in [2.75, 3.05) is 0 Å². The molecule has 0 fully saturated rings. The average molecular weight is 256 g/mol. The van der Waals surface area contributed by atoms with Gasteiger partial charge in [0.1, 0.15) is 5.82 Å². The van der Waals surface area contributed by atoms with Gasteiger partial charge in [0.25, 0.3) is 0 Å². The summed E-state index contributed by atoms with van der Waals surface area (Å²) in [6.45, 7) is 1.36. The van der Waals surface area contributed by atoms with Crippen LogP contribution in [-0.2, 0) is 13.1 Å². The first-order valence-electron chi connectivity index (χ1n) is 4.93. The molecule has 0 aliphatic carbocycles. The Hall–Kier alpha value is -0.900. The Kier molecular flexibility index (Phi) is 3.93. The Morgan fingerprint density at radius 1 is 1.25 bits per heavy atom. The van der Waals surface area contributed by atoms with Gasteiger partial charge in [-0.3, -0.25) is 0 Å². The summed E-state index contributed by atoms with van der Waals surface area (Å²) in [6.07, 6.45) is 0. The number of hydrogen-bond donors (Lipinski definition) is 1. The predicted octanol–water partition coefficient (Wildman–Crippen LogP) is 3.83. The van der Waals surface area contributed by atoms with E-state index >= 15 is 0 Å². The van der Waals surface area contributed by atoms with Crippen LogP contribution in [0, 0.1) is 5.82 Å². The van der Waals surface area contributed by atoms with Gasteiger partial charge in [0.05, 0.1) is 0 Å². The molecule has 1 aromatic carbocycles. The molecule has 1 heterocycles. The van der Waals surface area contributed by atoms with Gasteiger partial charge < -0.3 is 5.32 Å². The third-order valence-corrected chi connectivity index (χ3v) is 3.45. The molecule has 2 aromatic rings. The van der Waals surface area contributed by atoms with Crippen LogP contribution < -0.4 is 5.32 Å². The van der Waals surface area contributed by atoms with Gasteiger partial charge in [0.2, 0.25) is 0 Å². The second-order valence-electron chi connectivity index (χ2n) is 3.42. The molecule has 1 aromatic heterocycles. The zero-order chi connectivity index (χ0) is 11.4. The maximum Gasteiger partial charge on any atom is 0.123 e. The Morgan fingerprint density at radius 3 is 2.88 bits per heavy atom. The first-order chi connectivity index (χ1) is 7.75. The summed E-state index contributed by atoms with van der Waals surface area (Å²) in [7, 11) is 0. The molecular formula is C12H11ClFNS. The van der Waals surface area contributed by atoms with E-state index in [0.29, 0.717) is 11.6 Å². The molecule has 4 heteroatoms. The SMILES string of the molecule is Fc1ccc(Cl)c(CNCc2cccs2)c1. The molecule has 16 heavy (non-hydrogen) atoms. The van der Waals surface area contributed by atoms with E-state index in [2.05, 4.69) is 11.4 Å². The molecule has 1 nitrogen and oxygen atoms in total. The molecule has 0 saturated heterocycles. The average Bonchev–Trinajstić information content (AvgIpc) is 2.76.